The quantitative estimate of drug-likeness (QED) is 0.887. The maximum Gasteiger partial charge on any atom is 0.401 e. The molecule has 2 aliphatic rings. The van der Waals surface area contributed by atoms with E-state index < -0.39 is 18.3 Å². The van der Waals surface area contributed by atoms with E-state index in [-0.39, 0.29) is 24.6 Å². The van der Waals surface area contributed by atoms with Gasteiger partial charge in [0.15, 0.2) is 0 Å². The van der Waals surface area contributed by atoms with E-state index in [1.54, 1.807) is 6.07 Å². The van der Waals surface area contributed by atoms with Crippen LogP contribution in [0.1, 0.15) is 34.5 Å². The molecule has 1 aliphatic heterocycles. The number of carbonyl (C=O) groups is 1. The molecule has 0 atom stereocenters. The van der Waals surface area contributed by atoms with Crippen LogP contribution in [-0.2, 0) is 12.8 Å². The summed E-state index contributed by atoms with van der Waals surface area (Å²) in [5.41, 5.74) is 1.58. The molecular formula is C16H20F3N3O2. The lowest BCUT2D eigenvalue weighted by molar-refractivity contribution is -0.145. The topological polar surface area (TPSA) is 56.4 Å². The SMILES string of the molecule is O=C(c1cc2c([nH]c1=O)CCC2)N1CCCN(CC(F)(F)F)CC1. The predicted molar refractivity (Wildman–Crippen MR) is 82.1 cm³/mol. The molecule has 0 unspecified atom stereocenters. The lowest BCUT2D eigenvalue weighted by Gasteiger charge is -2.22. The first-order valence-corrected chi connectivity index (χ1v) is 8.17. The van der Waals surface area contributed by atoms with Crippen molar-refractivity contribution in [3.8, 4) is 0 Å². The molecule has 1 amide bonds. The number of aromatic amines is 1. The van der Waals surface area contributed by atoms with Crippen LogP contribution in [0.3, 0.4) is 0 Å². The number of carbonyl (C=O) groups excluding carboxylic acids is 1. The van der Waals surface area contributed by atoms with Crippen molar-refractivity contribution in [2.75, 3.05) is 32.7 Å². The van der Waals surface area contributed by atoms with Crippen LogP contribution >= 0.6 is 0 Å². The summed E-state index contributed by atoms with van der Waals surface area (Å²) >= 11 is 0. The number of aromatic nitrogens is 1. The molecule has 2 heterocycles. The van der Waals surface area contributed by atoms with Gasteiger partial charge >= 0.3 is 6.18 Å². The lowest BCUT2D eigenvalue weighted by atomic mass is 10.1. The van der Waals surface area contributed by atoms with Crippen molar-refractivity contribution >= 4 is 5.91 Å². The van der Waals surface area contributed by atoms with E-state index in [1.165, 1.54) is 9.80 Å². The van der Waals surface area contributed by atoms with Crippen LogP contribution in [0.2, 0.25) is 0 Å². The summed E-state index contributed by atoms with van der Waals surface area (Å²) in [5, 5.41) is 0. The molecule has 0 radical (unpaired) electrons. The maximum atomic E-state index is 12.6. The smallest absolute Gasteiger partial charge is 0.337 e. The number of hydrogen-bond acceptors (Lipinski definition) is 3. The molecule has 1 N–H and O–H groups in total. The molecule has 132 valence electrons. The maximum absolute atomic E-state index is 12.6. The van der Waals surface area contributed by atoms with Crippen molar-refractivity contribution in [3.05, 3.63) is 33.2 Å². The van der Waals surface area contributed by atoms with Gasteiger partial charge in [-0.1, -0.05) is 0 Å². The average Bonchev–Trinajstić information content (AvgIpc) is 2.82. The van der Waals surface area contributed by atoms with Gasteiger partial charge in [-0.25, -0.2) is 0 Å². The lowest BCUT2D eigenvalue weighted by Crippen LogP contribution is -2.39. The van der Waals surface area contributed by atoms with E-state index in [4.69, 9.17) is 0 Å². The van der Waals surface area contributed by atoms with E-state index in [0.717, 1.165) is 30.5 Å². The number of H-pyrrole nitrogens is 1. The van der Waals surface area contributed by atoms with Crippen molar-refractivity contribution in [1.29, 1.82) is 0 Å². The summed E-state index contributed by atoms with van der Waals surface area (Å²) in [6.45, 7) is 0.0571. The van der Waals surface area contributed by atoms with Crippen molar-refractivity contribution in [2.24, 2.45) is 0 Å². The number of fused-ring (bicyclic) bond motifs is 1. The fourth-order valence-corrected chi connectivity index (χ4v) is 3.43. The number of amides is 1. The van der Waals surface area contributed by atoms with Crippen LogP contribution in [0.25, 0.3) is 0 Å². The monoisotopic (exact) mass is 343 g/mol. The van der Waals surface area contributed by atoms with Crippen LogP contribution in [-0.4, -0.2) is 59.6 Å². The third kappa shape index (κ3) is 3.80. The standard InChI is InChI=1S/C16H20F3N3O2/c17-16(18,19)10-21-5-2-6-22(8-7-21)15(24)12-9-11-3-1-4-13(11)20-14(12)23/h9H,1-8,10H2,(H,20,23). The largest absolute Gasteiger partial charge is 0.401 e. The average molecular weight is 343 g/mol. The number of halogens is 3. The third-order valence-corrected chi connectivity index (χ3v) is 4.60. The molecule has 24 heavy (non-hydrogen) atoms. The van der Waals surface area contributed by atoms with Crippen molar-refractivity contribution < 1.29 is 18.0 Å². The van der Waals surface area contributed by atoms with E-state index in [0.29, 0.717) is 19.5 Å². The van der Waals surface area contributed by atoms with E-state index >= 15 is 0 Å². The van der Waals surface area contributed by atoms with Gasteiger partial charge in [0, 0.05) is 31.9 Å². The molecule has 0 spiro atoms. The minimum atomic E-state index is -4.24. The van der Waals surface area contributed by atoms with E-state index in [9.17, 15) is 22.8 Å². The molecule has 1 aromatic rings. The Labute approximate surface area is 137 Å². The molecule has 1 saturated heterocycles. The third-order valence-electron chi connectivity index (χ3n) is 4.60. The number of pyridine rings is 1. The zero-order valence-corrected chi connectivity index (χ0v) is 13.3. The number of nitrogens with zero attached hydrogens (tertiary/aromatic N) is 2. The Balaban J connectivity index is 1.71. The second kappa shape index (κ2) is 6.58. The second-order valence-electron chi connectivity index (χ2n) is 6.41. The molecule has 5 nitrogen and oxygen atoms in total. The summed E-state index contributed by atoms with van der Waals surface area (Å²) in [7, 11) is 0. The summed E-state index contributed by atoms with van der Waals surface area (Å²) in [4.78, 5) is 30.3. The van der Waals surface area contributed by atoms with Crippen molar-refractivity contribution in [3.63, 3.8) is 0 Å². The van der Waals surface area contributed by atoms with Gasteiger partial charge in [-0.3, -0.25) is 14.5 Å². The number of hydrogen-bond donors (Lipinski definition) is 1. The number of rotatable bonds is 2. The van der Waals surface area contributed by atoms with Crippen LogP contribution in [0.5, 0.6) is 0 Å². The number of nitrogens with one attached hydrogen (secondary N) is 1. The summed E-state index contributed by atoms with van der Waals surface area (Å²) < 4.78 is 37.5. The Bertz CT molecular complexity index is 684. The zero-order valence-electron chi connectivity index (χ0n) is 13.3. The minimum Gasteiger partial charge on any atom is -0.337 e. The van der Waals surface area contributed by atoms with Gasteiger partial charge < -0.3 is 9.88 Å². The number of alkyl halides is 3. The van der Waals surface area contributed by atoms with Gasteiger partial charge in [-0.05, 0) is 37.3 Å². The molecule has 1 aromatic heterocycles. The first kappa shape index (κ1) is 17.0. The Morgan fingerprint density at radius 2 is 1.92 bits per heavy atom. The van der Waals surface area contributed by atoms with E-state index in [1.807, 2.05) is 0 Å². The van der Waals surface area contributed by atoms with Gasteiger partial charge in [0.2, 0.25) is 0 Å². The number of aryl methyl sites for hydroxylation is 2. The second-order valence-corrected chi connectivity index (χ2v) is 6.41. The van der Waals surface area contributed by atoms with Gasteiger partial charge in [0.1, 0.15) is 5.56 Å². The van der Waals surface area contributed by atoms with Crippen LogP contribution in [0.15, 0.2) is 10.9 Å². The Morgan fingerprint density at radius 1 is 1.12 bits per heavy atom. The summed E-state index contributed by atoms with van der Waals surface area (Å²) in [6.07, 6.45) is -1.17. The van der Waals surface area contributed by atoms with E-state index in [2.05, 4.69) is 4.98 Å². The first-order chi connectivity index (χ1) is 11.3. The molecule has 1 fully saturated rings. The molecule has 8 heteroatoms. The fourth-order valence-electron chi connectivity index (χ4n) is 3.43. The Hall–Kier alpha value is -1.83. The van der Waals surface area contributed by atoms with Crippen molar-refractivity contribution in [2.45, 2.75) is 31.9 Å². The van der Waals surface area contributed by atoms with Crippen LogP contribution in [0, 0.1) is 0 Å². The van der Waals surface area contributed by atoms with Gasteiger partial charge in [0.25, 0.3) is 11.5 Å². The molecule has 3 rings (SSSR count). The van der Waals surface area contributed by atoms with Gasteiger partial charge in [-0.15, -0.1) is 0 Å². The van der Waals surface area contributed by atoms with Crippen molar-refractivity contribution in [1.82, 2.24) is 14.8 Å². The normalized spacial score (nSPS) is 19.2. The van der Waals surface area contributed by atoms with Crippen LogP contribution < -0.4 is 5.56 Å². The van der Waals surface area contributed by atoms with Gasteiger partial charge in [-0.2, -0.15) is 13.2 Å². The zero-order chi connectivity index (χ0) is 17.3. The molecule has 1 aliphatic carbocycles. The highest BCUT2D eigenvalue weighted by molar-refractivity contribution is 5.94. The molecule has 0 aromatic carbocycles. The Morgan fingerprint density at radius 3 is 2.67 bits per heavy atom. The molecule has 0 bridgehead atoms. The molecule has 0 saturated carbocycles. The highest BCUT2D eigenvalue weighted by Gasteiger charge is 2.32. The highest BCUT2D eigenvalue weighted by atomic mass is 19.4. The Kier molecular flexibility index (Phi) is 4.67. The first-order valence-electron chi connectivity index (χ1n) is 8.17. The summed E-state index contributed by atoms with van der Waals surface area (Å²) in [6, 6.07) is 1.65. The highest BCUT2D eigenvalue weighted by Crippen LogP contribution is 2.20. The van der Waals surface area contributed by atoms with Gasteiger partial charge in [0.05, 0.1) is 6.54 Å². The summed E-state index contributed by atoms with van der Waals surface area (Å²) in [5.74, 6) is -0.389. The fraction of sp³-hybridized carbons (Fsp3) is 0.625. The predicted octanol–water partition coefficient (Wildman–Crippen LogP) is 1.57. The molecular weight excluding hydrogens is 323 g/mol. The van der Waals surface area contributed by atoms with Crippen LogP contribution in [0.4, 0.5) is 13.2 Å². The minimum absolute atomic E-state index is 0.0971.